The van der Waals surface area contributed by atoms with Crippen LogP contribution in [0.2, 0.25) is 0 Å². The highest BCUT2D eigenvalue weighted by atomic mass is 79.9. The van der Waals surface area contributed by atoms with Crippen molar-refractivity contribution in [1.29, 1.82) is 0 Å². The Hall–Kier alpha value is -0.390. The van der Waals surface area contributed by atoms with E-state index in [1.54, 1.807) is 30.6 Å². The highest BCUT2D eigenvalue weighted by Crippen LogP contribution is 2.43. The Morgan fingerprint density at radius 3 is 2.71 bits per heavy atom. The molecule has 1 atom stereocenters. The normalized spacial score (nSPS) is 12.5. The van der Waals surface area contributed by atoms with E-state index in [1.807, 2.05) is 11.4 Å². The van der Waals surface area contributed by atoms with Gasteiger partial charge in [0.1, 0.15) is 11.6 Å². The molecule has 0 radical (unpaired) electrons. The van der Waals surface area contributed by atoms with Crippen LogP contribution in [-0.4, -0.2) is 7.11 Å². The molecule has 1 nitrogen and oxygen atoms in total. The van der Waals surface area contributed by atoms with Crippen LogP contribution in [0.25, 0.3) is 0 Å². The van der Waals surface area contributed by atoms with Gasteiger partial charge in [0.2, 0.25) is 0 Å². The second-order valence-electron chi connectivity index (χ2n) is 3.35. The van der Waals surface area contributed by atoms with E-state index >= 15 is 0 Å². The average Bonchev–Trinajstić information content (AvgIpc) is 2.74. The van der Waals surface area contributed by atoms with Gasteiger partial charge in [0, 0.05) is 14.9 Å². The summed E-state index contributed by atoms with van der Waals surface area (Å²) in [6.07, 6.45) is 0. The molecule has 0 aliphatic heterocycles. The van der Waals surface area contributed by atoms with Crippen LogP contribution in [0.5, 0.6) is 5.75 Å². The second kappa shape index (κ2) is 5.50. The first-order valence-corrected chi connectivity index (χ1v) is 7.43. The van der Waals surface area contributed by atoms with Gasteiger partial charge in [-0.2, -0.15) is 0 Å². The summed E-state index contributed by atoms with van der Waals surface area (Å²) in [4.78, 5) is 0.807. The van der Waals surface area contributed by atoms with E-state index in [2.05, 4.69) is 31.9 Å². The summed E-state index contributed by atoms with van der Waals surface area (Å²) in [7, 11) is 1.54. The van der Waals surface area contributed by atoms with Crippen LogP contribution < -0.4 is 4.74 Å². The molecule has 0 fully saturated rings. The molecule has 0 aliphatic carbocycles. The molecule has 2 aromatic rings. The average molecular weight is 380 g/mol. The summed E-state index contributed by atoms with van der Waals surface area (Å²) in [5, 5.41) is 1.96. The summed E-state index contributed by atoms with van der Waals surface area (Å²) in [5.74, 6) is 0.277. The van der Waals surface area contributed by atoms with Crippen molar-refractivity contribution < 1.29 is 9.13 Å². The fraction of sp³-hybridized carbons (Fsp3) is 0.167. The van der Waals surface area contributed by atoms with E-state index in [4.69, 9.17) is 4.74 Å². The number of hydrogen-bond acceptors (Lipinski definition) is 2. The van der Waals surface area contributed by atoms with Gasteiger partial charge in [0.05, 0.1) is 11.9 Å². The molecule has 0 N–H and O–H groups in total. The molecular formula is C12H9Br2FOS. The zero-order valence-corrected chi connectivity index (χ0v) is 12.9. The first kappa shape index (κ1) is 13.1. The van der Waals surface area contributed by atoms with Crippen LogP contribution >= 0.6 is 43.2 Å². The van der Waals surface area contributed by atoms with Crippen LogP contribution in [0.15, 0.2) is 34.1 Å². The molecule has 0 saturated heterocycles. The van der Waals surface area contributed by atoms with Gasteiger partial charge in [-0.15, -0.1) is 11.3 Å². The van der Waals surface area contributed by atoms with Crippen molar-refractivity contribution in [2.45, 2.75) is 4.83 Å². The Balaban J connectivity index is 2.50. The Bertz CT molecular complexity index is 527. The number of alkyl halides is 1. The zero-order valence-electron chi connectivity index (χ0n) is 8.91. The molecule has 1 aromatic heterocycles. The number of hydrogen-bond donors (Lipinski definition) is 0. The van der Waals surface area contributed by atoms with Crippen molar-refractivity contribution in [3.8, 4) is 5.75 Å². The number of halogens is 3. The first-order chi connectivity index (χ1) is 8.15. The Morgan fingerprint density at radius 1 is 1.35 bits per heavy atom. The third-order valence-electron chi connectivity index (χ3n) is 2.36. The van der Waals surface area contributed by atoms with Crippen LogP contribution in [0.3, 0.4) is 0 Å². The number of rotatable bonds is 3. The topological polar surface area (TPSA) is 9.23 Å². The molecule has 0 aliphatic rings. The molecule has 0 saturated carbocycles. The maximum absolute atomic E-state index is 13.9. The van der Waals surface area contributed by atoms with Crippen LogP contribution in [0, 0.1) is 5.82 Å². The summed E-state index contributed by atoms with van der Waals surface area (Å²) >= 11 is 8.54. The van der Waals surface area contributed by atoms with Gasteiger partial charge in [-0.25, -0.2) is 4.39 Å². The number of thiophene rings is 1. The molecular weight excluding hydrogens is 371 g/mol. The van der Waals surface area contributed by atoms with E-state index in [1.165, 1.54) is 6.07 Å². The maximum Gasteiger partial charge on any atom is 0.131 e. The van der Waals surface area contributed by atoms with E-state index < -0.39 is 0 Å². The summed E-state index contributed by atoms with van der Waals surface area (Å²) < 4.78 is 20.1. The third-order valence-corrected chi connectivity index (χ3v) is 5.52. The Morgan fingerprint density at radius 2 is 2.12 bits per heavy atom. The van der Waals surface area contributed by atoms with Crippen LogP contribution in [0.4, 0.5) is 4.39 Å². The molecule has 0 bridgehead atoms. The van der Waals surface area contributed by atoms with Crippen molar-refractivity contribution in [1.82, 2.24) is 0 Å². The lowest BCUT2D eigenvalue weighted by atomic mass is 10.1. The molecule has 90 valence electrons. The lowest BCUT2D eigenvalue weighted by Gasteiger charge is -2.14. The third kappa shape index (κ3) is 2.56. The lowest BCUT2D eigenvalue weighted by molar-refractivity contribution is 0.405. The van der Waals surface area contributed by atoms with Crippen LogP contribution in [-0.2, 0) is 0 Å². The molecule has 1 aromatic carbocycles. The minimum Gasteiger partial charge on any atom is -0.496 e. The Kier molecular flexibility index (Phi) is 4.22. The van der Waals surface area contributed by atoms with Crippen molar-refractivity contribution in [3.63, 3.8) is 0 Å². The van der Waals surface area contributed by atoms with Crippen LogP contribution in [0.1, 0.15) is 15.3 Å². The predicted octanol–water partition coefficient (Wildman–Crippen LogP) is 5.14. The van der Waals surface area contributed by atoms with E-state index in [9.17, 15) is 4.39 Å². The largest absolute Gasteiger partial charge is 0.496 e. The smallest absolute Gasteiger partial charge is 0.131 e. The quantitative estimate of drug-likeness (QED) is 0.670. The molecule has 5 heteroatoms. The minimum absolute atomic E-state index is 0.215. The number of benzene rings is 1. The molecule has 17 heavy (non-hydrogen) atoms. The molecule has 2 rings (SSSR count). The molecule has 0 spiro atoms. The fourth-order valence-corrected chi connectivity index (χ4v) is 4.47. The number of methoxy groups -OCH3 is 1. The summed E-state index contributed by atoms with van der Waals surface area (Å²) in [6.45, 7) is 0. The SMILES string of the molecule is COc1cccc(F)c1C(Br)c1sccc1Br. The molecule has 1 unspecified atom stereocenters. The minimum atomic E-state index is -0.272. The van der Waals surface area contributed by atoms with Crippen molar-refractivity contribution >= 4 is 43.2 Å². The molecule has 0 amide bonds. The second-order valence-corrected chi connectivity index (χ2v) is 6.07. The Labute approximate surface area is 120 Å². The van der Waals surface area contributed by atoms with E-state index in [0.29, 0.717) is 11.3 Å². The summed E-state index contributed by atoms with van der Waals surface area (Å²) in [6, 6.07) is 6.78. The van der Waals surface area contributed by atoms with Gasteiger partial charge >= 0.3 is 0 Å². The van der Waals surface area contributed by atoms with Gasteiger partial charge in [0.15, 0.2) is 0 Å². The fourth-order valence-electron chi connectivity index (χ4n) is 1.56. The van der Waals surface area contributed by atoms with Gasteiger partial charge in [-0.05, 0) is 39.5 Å². The van der Waals surface area contributed by atoms with Crippen molar-refractivity contribution in [3.05, 3.63) is 50.4 Å². The zero-order chi connectivity index (χ0) is 12.4. The highest BCUT2D eigenvalue weighted by Gasteiger charge is 2.22. The van der Waals surface area contributed by atoms with Gasteiger partial charge in [-0.3, -0.25) is 0 Å². The lowest BCUT2D eigenvalue weighted by Crippen LogP contribution is -1.99. The van der Waals surface area contributed by atoms with Gasteiger partial charge in [-0.1, -0.05) is 22.0 Å². The summed E-state index contributed by atoms with van der Waals surface area (Å²) in [5.41, 5.74) is 0.526. The van der Waals surface area contributed by atoms with Crippen molar-refractivity contribution in [2.24, 2.45) is 0 Å². The van der Waals surface area contributed by atoms with Gasteiger partial charge < -0.3 is 4.74 Å². The predicted molar refractivity (Wildman–Crippen MR) is 75.7 cm³/mol. The maximum atomic E-state index is 13.9. The standard InChI is InChI=1S/C12H9Br2FOS/c1-16-9-4-2-3-8(15)10(9)11(14)12-7(13)5-6-17-12/h2-6,11H,1H3. The molecule has 1 heterocycles. The highest BCUT2D eigenvalue weighted by molar-refractivity contribution is 9.11. The van der Waals surface area contributed by atoms with Gasteiger partial charge in [0.25, 0.3) is 0 Å². The first-order valence-electron chi connectivity index (χ1n) is 4.84. The monoisotopic (exact) mass is 378 g/mol. The van der Waals surface area contributed by atoms with E-state index in [0.717, 1.165) is 9.35 Å². The van der Waals surface area contributed by atoms with E-state index in [-0.39, 0.29) is 10.6 Å². The van der Waals surface area contributed by atoms with Crippen molar-refractivity contribution in [2.75, 3.05) is 7.11 Å². The number of ether oxygens (including phenoxy) is 1.